The number of benzene rings is 1. The number of hydrogen-bond acceptors (Lipinski definition) is 1. The maximum absolute atomic E-state index is 10.6. The SMILES string of the molecule is CC1(C)C(C(O)c2ccc(C3CCC3)cc2)C1(C)C. The fourth-order valence-electron chi connectivity index (χ4n) is 3.94. The van der Waals surface area contributed by atoms with Gasteiger partial charge in [0.1, 0.15) is 0 Å². The Bertz CT molecular complexity index is 451. The lowest BCUT2D eigenvalue weighted by atomic mass is 9.80. The van der Waals surface area contributed by atoms with Crippen LogP contribution in [0.1, 0.15) is 70.1 Å². The molecule has 0 radical (unpaired) electrons. The predicted molar refractivity (Wildman–Crippen MR) is 79.0 cm³/mol. The summed E-state index contributed by atoms with van der Waals surface area (Å²) in [7, 11) is 0. The Morgan fingerprint density at radius 3 is 1.89 bits per heavy atom. The van der Waals surface area contributed by atoms with Crippen molar-refractivity contribution in [3.05, 3.63) is 35.4 Å². The number of aliphatic hydroxyl groups excluding tert-OH is 1. The molecule has 0 amide bonds. The van der Waals surface area contributed by atoms with E-state index in [-0.39, 0.29) is 16.9 Å². The molecule has 0 spiro atoms. The predicted octanol–water partition coefficient (Wildman–Crippen LogP) is 4.67. The van der Waals surface area contributed by atoms with Gasteiger partial charge in [0.05, 0.1) is 6.10 Å². The lowest BCUT2D eigenvalue weighted by molar-refractivity contribution is 0.130. The molecule has 0 bridgehead atoms. The smallest absolute Gasteiger partial charge is 0.0828 e. The molecule has 1 heteroatoms. The summed E-state index contributed by atoms with van der Waals surface area (Å²) in [6.07, 6.45) is 3.73. The lowest BCUT2D eigenvalue weighted by Gasteiger charge is -2.26. The quantitative estimate of drug-likeness (QED) is 0.835. The van der Waals surface area contributed by atoms with Crippen LogP contribution in [0, 0.1) is 16.7 Å². The molecule has 0 saturated heterocycles. The van der Waals surface area contributed by atoms with E-state index in [4.69, 9.17) is 0 Å². The van der Waals surface area contributed by atoms with Crippen LogP contribution in [-0.2, 0) is 0 Å². The normalized spacial score (nSPS) is 26.8. The van der Waals surface area contributed by atoms with Crippen LogP contribution in [0.25, 0.3) is 0 Å². The Morgan fingerprint density at radius 1 is 1.00 bits per heavy atom. The van der Waals surface area contributed by atoms with Gasteiger partial charge in [0.25, 0.3) is 0 Å². The van der Waals surface area contributed by atoms with Crippen LogP contribution in [0.5, 0.6) is 0 Å². The third kappa shape index (κ3) is 1.86. The molecule has 1 N–H and O–H groups in total. The average molecular weight is 258 g/mol. The third-order valence-corrected chi connectivity index (χ3v) is 6.30. The Labute approximate surface area is 117 Å². The Balaban J connectivity index is 1.76. The molecular weight excluding hydrogens is 232 g/mol. The molecule has 1 unspecified atom stereocenters. The zero-order chi connectivity index (χ0) is 13.8. The minimum absolute atomic E-state index is 0.235. The van der Waals surface area contributed by atoms with Crippen molar-refractivity contribution in [1.82, 2.24) is 0 Å². The van der Waals surface area contributed by atoms with Gasteiger partial charge < -0.3 is 5.11 Å². The van der Waals surface area contributed by atoms with Gasteiger partial charge in [-0.2, -0.15) is 0 Å². The van der Waals surface area contributed by atoms with E-state index in [1.165, 1.54) is 24.8 Å². The fourth-order valence-corrected chi connectivity index (χ4v) is 3.94. The van der Waals surface area contributed by atoms with Crippen LogP contribution in [0.3, 0.4) is 0 Å². The maximum Gasteiger partial charge on any atom is 0.0828 e. The summed E-state index contributed by atoms with van der Waals surface area (Å²) in [4.78, 5) is 0. The van der Waals surface area contributed by atoms with E-state index in [9.17, 15) is 5.11 Å². The van der Waals surface area contributed by atoms with Gasteiger partial charge in [-0.3, -0.25) is 0 Å². The van der Waals surface area contributed by atoms with Crippen LogP contribution in [0.4, 0.5) is 0 Å². The van der Waals surface area contributed by atoms with E-state index in [0.29, 0.717) is 5.92 Å². The Morgan fingerprint density at radius 2 is 1.53 bits per heavy atom. The van der Waals surface area contributed by atoms with E-state index in [2.05, 4.69) is 52.0 Å². The summed E-state index contributed by atoms with van der Waals surface area (Å²) in [6, 6.07) is 8.74. The molecule has 1 aromatic rings. The molecule has 104 valence electrons. The van der Waals surface area contributed by atoms with Crippen LogP contribution < -0.4 is 0 Å². The summed E-state index contributed by atoms with van der Waals surface area (Å²) in [6.45, 7) is 9.07. The van der Waals surface area contributed by atoms with Crippen molar-refractivity contribution in [3.8, 4) is 0 Å². The van der Waals surface area contributed by atoms with Crippen molar-refractivity contribution >= 4 is 0 Å². The molecular formula is C18H26O. The largest absolute Gasteiger partial charge is 0.388 e. The summed E-state index contributed by atoms with van der Waals surface area (Å²) in [5, 5.41) is 10.6. The topological polar surface area (TPSA) is 20.2 Å². The molecule has 1 atom stereocenters. The van der Waals surface area contributed by atoms with Crippen molar-refractivity contribution in [2.75, 3.05) is 0 Å². The standard InChI is InChI=1S/C18H26O/c1-17(2)16(18(17,3)4)15(19)14-10-8-13(9-11-14)12-6-5-7-12/h8-12,15-16,19H,5-7H2,1-4H3. The summed E-state index contributed by atoms with van der Waals surface area (Å²) < 4.78 is 0. The molecule has 0 aromatic heterocycles. The molecule has 19 heavy (non-hydrogen) atoms. The van der Waals surface area contributed by atoms with Crippen molar-refractivity contribution < 1.29 is 5.11 Å². The average Bonchev–Trinajstić information content (AvgIpc) is 2.67. The monoisotopic (exact) mass is 258 g/mol. The molecule has 2 aliphatic rings. The highest BCUT2D eigenvalue weighted by atomic mass is 16.3. The molecule has 0 heterocycles. The molecule has 2 aliphatic carbocycles. The highest BCUT2D eigenvalue weighted by Crippen LogP contribution is 2.72. The van der Waals surface area contributed by atoms with Gasteiger partial charge in [0.2, 0.25) is 0 Å². The summed E-state index contributed by atoms with van der Waals surface area (Å²) in [5.41, 5.74) is 3.02. The maximum atomic E-state index is 10.6. The first-order chi connectivity index (χ1) is 8.85. The van der Waals surface area contributed by atoms with Gasteiger partial charge in [-0.25, -0.2) is 0 Å². The Hall–Kier alpha value is -0.820. The second-order valence-corrected chi connectivity index (χ2v) is 7.66. The van der Waals surface area contributed by atoms with Gasteiger partial charge in [-0.05, 0) is 40.7 Å². The summed E-state index contributed by atoms with van der Waals surface area (Å²) in [5.74, 6) is 1.15. The molecule has 1 aromatic carbocycles. The minimum Gasteiger partial charge on any atom is -0.388 e. The highest BCUT2D eigenvalue weighted by molar-refractivity contribution is 5.30. The van der Waals surface area contributed by atoms with Gasteiger partial charge in [0, 0.05) is 5.92 Å². The first-order valence-electron chi connectivity index (χ1n) is 7.63. The van der Waals surface area contributed by atoms with Crippen molar-refractivity contribution in [1.29, 1.82) is 0 Å². The second kappa shape index (κ2) is 4.09. The highest BCUT2D eigenvalue weighted by Gasteiger charge is 2.67. The van der Waals surface area contributed by atoms with Gasteiger partial charge in [-0.15, -0.1) is 0 Å². The van der Waals surface area contributed by atoms with E-state index >= 15 is 0 Å². The van der Waals surface area contributed by atoms with E-state index in [0.717, 1.165) is 11.5 Å². The first-order valence-corrected chi connectivity index (χ1v) is 7.63. The second-order valence-electron chi connectivity index (χ2n) is 7.66. The van der Waals surface area contributed by atoms with E-state index in [1.54, 1.807) is 0 Å². The van der Waals surface area contributed by atoms with Gasteiger partial charge in [0.15, 0.2) is 0 Å². The zero-order valence-electron chi connectivity index (χ0n) is 12.6. The van der Waals surface area contributed by atoms with Crippen molar-refractivity contribution in [2.24, 2.45) is 16.7 Å². The Kier molecular flexibility index (Phi) is 2.83. The number of aliphatic hydroxyl groups is 1. The lowest BCUT2D eigenvalue weighted by Crippen LogP contribution is -2.09. The fraction of sp³-hybridized carbons (Fsp3) is 0.667. The number of hydrogen-bond donors (Lipinski definition) is 1. The first kappa shape index (κ1) is 13.2. The molecule has 2 saturated carbocycles. The van der Waals surface area contributed by atoms with Crippen LogP contribution in [0.2, 0.25) is 0 Å². The van der Waals surface area contributed by atoms with E-state index < -0.39 is 0 Å². The molecule has 2 fully saturated rings. The molecule has 0 aliphatic heterocycles. The molecule has 3 rings (SSSR count). The van der Waals surface area contributed by atoms with Crippen LogP contribution in [0.15, 0.2) is 24.3 Å². The van der Waals surface area contributed by atoms with Crippen molar-refractivity contribution in [2.45, 2.75) is 59.0 Å². The number of rotatable bonds is 3. The van der Waals surface area contributed by atoms with Gasteiger partial charge in [-0.1, -0.05) is 58.4 Å². The van der Waals surface area contributed by atoms with E-state index in [1.807, 2.05) is 0 Å². The zero-order valence-corrected chi connectivity index (χ0v) is 12.6. The van der Waals surface area contributed by atoms with Gasteiger partial charge >= 0.3 is 0 Å². The van der Waals surface area contributed by atoms with Crippen molar-refractivity contribution in [3.63, 3.8) is 0 Å². The third-order valence-electron chi connectivity index (χ3n) is 6.30. The molecule has 1 nitrogen and oxygen atoms in total. The van der Waals surface area contributed by atoms with Crippen LogP contribution in [-0.4, -0.2) is 5.11 Å². The van der Waals surface area contributed by atoms with Crippen LogP contribution >= 0.6 is 0 Å². The summed E-state index contributed by atoms with van der Waals surface area (Å²) >= 11 is 0. The minimum atomic E-state index is -0.319.